The molecule has 1 N–H and O–H groups in total. The first-order valence-electron chi connectivity index (χ1n) is 7.28. The van der Waals surface area contributed by atoms with Crippen LogP contribution in [-0.2, 0) is 11.2 Å². The maximum Gasteiger partial charge on any atom is 0.230 e. The average molecular weight is 306 g/mol. The van der Waals surface area contributed by atoms with Crippen LogP contribution in [-0.4, -0.2) is 10.9 Å². The lowest BCUT2D eigenvalue weighted by molar-refractivity contribution is -0.115. The molecule has 1 aromatic heterocycles. The van der Waals surface area contributed by atoms with Crippen LogP contribution in [0.4, 0.5) is 10.2 Å². The Morgan fingerprint density at radius 3 is 2.43 bits per heavy atom. The van der Waals surface area contributed by atoms with E-state index >= 15 is 0 Å². The smallest absolute Gasteiger partial charge is 0.230 e. The van der Waals surface area contributed by atoms with Crippen molar-refractivity contribution in [3.8, 4) is 11.3 Å². The molecule has 0 fully saturated rings. The van der Waals surface area contributed by atoms with Gasteiger partial charge >= 0.3 is 0 Å². The molecule has 0 spiro atoms. The lowest BCUT2D eigenvalue weighted by Crippen LogP contribution is -2.16. The van der Waals surface area contributed by atoms with Gasteiger partial charge in [-0.1, -0.05) is 54.6 Å². The number of carbonyl (C=O) groups excluding carboxylic acids is 1. The van der Waals surface area contributed by atoms with Crippen molar-refractivity contribution in [2.75, 3.05) is 5.32 Å². The first kappa shape index (κ1) is 14.9. The molecule has 3 nitrogen and oxygen atoms in total. The molecule has 4 heteroatoms. The lowest BCUT2D eigenvalue weighted by atomic mass is 10.1. The molecular weight excluding hydrogens is 291 g/mol. The standard InChI is InChI=1S/C19H15FN2O/c20-16-10-5-4-9-15(16)13-19(23)22-18-12-6-11-17(21-18)14-7-2-1-3-8-14/h1-12H,13H2,(H,21,22,23). The molecule has 0 atom stereocenters. The summed E-state index contributed by atoms with van der Waals surface area (Å²) in [5.41, 5.74) is 2.11. The Bertz CT molecular complexity index is 818. The molecule has 3 aromatic rings. The van der Waals surface area contributed by atoms with Crippen LogP contribution in [0.25, 0.3) is 11.3 Å². The fourth-order valence-corrected chi connectivity index (χ4v) is 2.28. The zero-order valence-corrected chi connectivity index (χ0v) is 12.4. The minimum absolute atomic E-state index is 0.0239. The summed E-state index contributed by atoms with van der Waals surface area (Å²) in [5, 5.41) is 2.71. The predicted octanol–water partition coefficient (Wildman–Crippen LogP) is 4.07. The van der Waals surface area contributed by atoms with Gasteiger partial charge in [0.15, 0.2) is 0 Å². The molecule has 0 bridgehead atoms. The SMILES string of the molecule is O=C(Cc1ccccc1F)Nc1cccc(-c2ccccc2)n1. The molecule has 1 heterocycles. The number of pyridine rings is 1. The molecule has 0 radical (unpaired) electrons. The molecule has 114 valence electrons. The predicted molar refractivity (Wildman–Crippen MR) is 88.4 cm³/mol. The topological polar surface area (TPSA) is 42.0 Å². The van der Waals surface area contributed by atoms with E-state index in [-0.39, 0.29) is 18.1 Å². The average Bonchev–Trinajstić information content (AvgIpc) is 2.58. The van der Waals surface area contributed by atoms with Gasteiger partial charge in [-0.05, 0) is 23.8 Å². The molecule has 2 aromatic carbocycles. The largest absolute Gasteiger partial charge is 0.310 e. The van der Waals surface area contributed by atoms with Gasteiger partial charge in [-0.25, -0.2) is 9.37 Å². The van der Waals surface area contributed by atoms with E-state index in [9.17, 15) is 9.18 Å². The molecule has 0 saturated carbocycles. The highest BCUT2D eigenvalue weighted by Crippen LogP contribution is 2.18. The Kier molecular flexibility index (Phi) is 4.43. The molecule has 23 heavy (non-hydrogen) atoms. The van der Waals surface area contributed by atoms with Crippen molar-refractivity contribution in [3.05, 3.63) is 84.2 Å². The van der Waals surface area contributed by atoms with Gasteiger partial charge in [-0.15, -0.1) is 0 Å². The Morgan fingerprint density at radius 2 is 1.65 bits per heavy atom. The summed E-state index contributed by atoms with van der Waals surface area (Å²) in [6, 6.07) is 21.4. The van der Waals surface area contributed by atoms with Crippen molar-refractivity contribution in [2.24, 2.45) is 0 Å². The normalized spacial score (nSPS) is 10.3. The van der Waals surface area contributed by atoms with Crippen LogP contribution in [0, 0.1) is 5.82 Å². The first-order chi connectivity index (χ1) is 11.2. The molecule has 3 rings (SSSR count). The number of benzene rings is 2. The highest BCUT2D eigenvalue weighted by Gasteiger charge is 2.09. The summed E-state index contributed by atoms with van der Waals surface area (Å²) in [6.07, 6.45) is -0.0239. The maximum atomic E-state index is 13.6. The minimum Gasteiger partial charge on any atom is -0.310 e. The Balaban J connectivity index is 1.73. The Hall–Kier alpha value is -3.01. The van der Waals surface area contributed by atoms with Gasteiger partial charge in [0.05, 0.1) is 12.1 Å². The van der Waals surface area contributed by atoms with Gasteiger partial charge in [0.1, 0.15) is 11.6 Å². The third kappa shape index (κ3) is 3.80. The second kappa shape index (κ2) is 6.83. The number of carbonyl (C=O) groups is 1. The molecular formula is C19H15FN2O. The summed E-state index contributed by atoms with van der Waals surface area (Å²) < 4.78 is 13.6. The molecule has 0 saturated heterocycles. The quantitative estimate of drug-likeness (QED) is 0.789. The third-order valence-electron chi connectivity index (χ3n) is 3.39. The summed E-state index contributed by atoms with van der Waals surface area (Å²) in [5.74, 6) is -0.228. The summed E-state index contributed by atoms with van der Waals surface area (Å²) in [7, 11) is 0. The number of halogens is 1. The van der Waals surface area contributed by atoms with Crippen LogP contribution >= 0.6 is 0 Å². The van der Waals surface area contributed by atoms with Gasteiger partial charge in [-0.3, -0.25) is 4.79 Å². The Labute approximate surface area is 133 Å². The number of aromatic nitrogens is 1. The number of anilines is 1. The second-order valence-electron chi connectivity index (χ2n) is 5.09. The van der Waals surface area contributed by atoms with Crippen molar-refractivity contribution < 1.29 is 9.18 Å². The minimum atomic E-state index is -0.381. The molecule has 0 aliphatic carbocycles. The van der Waals surface area contributed by atoms with Crippen molar-refractivity contribution in [1.82, 2.24) is 4.98 Å². The maximum absolute atomic E-state index is 13.6. The van der Waals surface area contributed by atoms with Crippen LogP contribution in [0.15, 0.2) is 72.8 Å². The zero-order chi connectivity index (χ0) is 16.1. The van der Waals surface area contributed by atoms with E-state index in [1.54, 1.807) is 24.3 Å². The van der Waals surface area contributed by atoms with Crippen LogP contribution in [0.3, 0.4) is 0 Å². The van der Waals surface area contributed by atoms with Crippen LogP contribution < -0.4 is 5.32 Å². The number of nitrogens with one attached hydrogen (secondary N) is 1. The van der Waals surface area contributed by atoms with Gasteiger partial charge in [0.2, 0.25) is 5.91 Å². The van der Waals surface area contributed by atoms with Crippen molar-refractivity contribution in [2.45, 2.75) is 6.42 Å². The molecule has 0 aliphatic heterocycles. The number of nitrogens with zero attached hydrogens (tertiary/aromatic N) is 1. The number of rotatable bonds is 4. The van der Waals surface area contributed by atoms with Crippen LogP contribution in [0.2, 0.25) is 0 Å². The highest BCUT2D eigenvalue weighted by atomic mass is 19.1. The zero-order valence-electron chi connectivity index (χ0n) is 12.4. The van der Waals surface area contributed by atoms with E-state index in [1.165, 1.54) is 6.07 Å². The number of hydrogen-bond donors (Lipinski definition) is 1. The summed E-state index contributed by atoms with van der Waals surface area (Å²) in [4.78, 5) is 16.5. The van der Waals surface area contributed by atoms with E-state index in [2.05, 4.69) is 10.3 Å². The van der Waals surface area contributed by atoms with E-state index in [0.29, 0.717) is 11.4 Å². The van der Waals surface area contributed by atoms with Crippen LogP contribution in [0.5, 0.6) is 0 Å². The van der Waals surface area contributed by atoms with Gasteiger partial charge in [0, 0.05) is 5.56 Å². The van der Waals surface area contributed by atoms with Gasteiger partial charge in [0.25, 0.3) is 0 Å². The second-order valence-corrected chi connectivity index (χ2v) is 5.09. The van der Waals surface area contributed by atoms with E-state index in [0.717, 1.165) is 11.3 Å². The van der Waals surface area contributed by atoms with Crippen molar-refractivity contribution >= 4 is 11.7 Å². The fourth-order valence-electron chi connectivity index (χ4n) is 2.28. The molecule has 0 unspecified atom stereocenters. The van der Waals surface area contributed by atoms with Crippen molar-refractivity contribution in [3.63, 3.8) is 0 Å². The van der Waals surface area contributed by atoms with Gasteiger partial charge in [-0.2, -0.15) is 0 Å². The Morgan fingerprint density at radius 1 is 0.913 bits per heavy atom. The van der Waals surface area contributed by atoms with Crippen molar-refractivity contribution in [1.29, 1.82) is 0 Å². The number of amides is 1. The molecule has 1 amide bonds. The third-order valence-corrected chi connectivity index (χ3v) is 3.39. The highest BCUT2D eigenvalue weighted by molar-refractivity contribution is 5.91. The van der Waals surface area contributed by atoms with E-state index < -0.39 is 0 Å². The summed E-state index contributed by atoms with van der Waals surface area (Å²) >= 11 is 0. The van der Waals surface area contributed by atoms with Gasteiger partial charge < -0.3 is 5.32 Å². The van der Waals surface area contributed by atoms with E-state index in [1.807, 2.05) is 42.5 Å². The number of hydrogen-bond acceptors (Lipinski definition) is 2. The molecule has 0 aliphatic rings. The van der Waals surface area contributed by atoms with Crippen LogP contribution in [0.1, 0.15) is 5.56 Å². The fraction of sp³-hybridized carbons (Fsp3) is 0.0526. The summed E-state index contributed by atoms with van der Waals surface area (Å²) in [6.45, 7) is 0. The lowest BCUT2D eigenvalue weighted by Gasteiger charge is -2.07. The first-order valence-corrected chi connectivity index (χ1v) is 7.28. The monoisotopic (exact) mass is 306 g/mol. The van der Waals surface area contributed by atoms with E-state index in [4.69, 9.17) is 0 Å².